The molecular weight excluding hydrogens is 565 g/mol. The van der Waals surface area contributed by atoms with E-state index in [-0.39, 0.29) is 5.78 Å². The quantitative estimate of drug-likeness (QED) is 0.162. The van der Waals surface area contributed by atoms with Gasteiger partial charge in [0.05, 0.1) is 11.9 Å². The molecule has 0 radical (unpaired) electrons. The lowest BCUT2D eigenvalue weighted by atomic mass is 9.86. The molecule has 0 bridgehead atoms. The maximum Gasteiger partial charge on any atom is 0.235 e. The second-order valence-electron chi connectivity index (χ2n) is 13.0. The summed E-state index contributed by atoms with van der Waals surface area (Å²) in [4.78, 5) is 25.1. The van der Waals surface area contributed by atoms with Gasteiger partial charge in [0, 0.05) is 42.6 Å². The average Bonchev–Trinajstić information content (AvgIpc) is 3.48. The molecule has 2 aliphatic rings. The summed E-state index contributed by atoms with van der Waals surface area (Å²) in [5.74, 6) is 2.78. The molecular formula is C37H46FN5O2. The molecule has 7 nitrogen and oxygen atoms in total. The number of rotatable bonds is 12. The maximum atomic E-state index is 13.3. The van der Waals surface area contributed by atoms with Crippen LogP contribution in [0.2, 0.25) is 0 Å². The van der Waals surface area contributed by atoms with Crippen LogP contribution in [-0.2, 0) is 0 Å². The Hall–Kier alpha value is -3.78. The van der Waals surface area contributed by atoms with Crippen LogP contribution in [0, 0.1) is 18.8 Å². The van der Waals surface area contributed by atoms with Crippen LogP contribution < -0.4 is 10.1 Å². The number of carbonyl (C=O) groups excluding carboxylic acids is 1. The Kier molecular flexibility index (Phi) is 10.1. The van der Waals surface area contributed by atoms with E-state index in [0.29, 0.717) is 29.6 Å². The third-order valence-electron chi connectivity index (χ3n) is 9.66. The third kappa shape index (κ3) is 7.90. The van der Waals surface area contributed by atoms with Crippen LogP contribution in [0.25, 0.3) is 16.9 Å². The molecule has 0 spiro atoms. The van der Waals surface area contributed by atoms with Gasteiger partial charge in [-0.1, -0.05) is 32.1 Å². The smallest absolute Gasteiger partial charge is 0.235 e. The zero-order chi connectivity index (χ0) is 31.2. The molecule has 0 amide bonds. The number of fused-ring (bicyclic) bond motifs is 1. The molecule has 1 aliphatic carbocycles. The molecule has 2 aromatic heterocycles. The summed E-state index contributed by atoms with van der Waals surface area (Å²) in [5, 5.41) is 3.40. The van der Waals surface area contributed by atoms with Crippen molar-refractivity contribution >= 4 is 22.9 Å². The lowest BCUT2D eigenvalue weighted by Gasteiger charge is -2.32. The number of piperidine rings is 1. The molecule has 8 heteroatoms. The number of hydrogen-bond donors (Lipinski definition) is 1. The van der Waals surface area contributed by atoms with E-state index >= 15 is 0 Å². The van der Waals surface area contributed by atoms with E-state index in [1.807, 2.05) is 47.9 Å². The minimum atomic E-state index is -1.37. The van der Waals surface area contributed by atoms with Crippen LogP contribution in [0.15, 0.2) is 61.1 Å². The van der Waals surface area contributed by atoms with Gasteiger partial charge in [-0.15, -0.1) is 0 Å². The van der Waals surface area contributed by atoms with Crippen molar-refractivity contribution in [2.75, 3.05) is 25.0 Å². The van der Waals surface area contributed by atoms with Crippen LogP contribution in [0.1, 0.15) is 87.1 Å². The number of ether oxygens (including phenoxy) is 1. The highest BCUT2D eigenvalue weighted by Crippen LogP contribution is 2.30. The Morgan fingerprint density at radius 1 is 1.02 bits per heavy atom. The van der Waals surface area contributed by atoms with Crippen molar-refractivity contribution in [2.45, 2.75) is 84.4 Å². The number of nitrogens with one attached hydrogen (secondary N) is 1. The standard InChI is InChI=1S/C37H46FN5O2/c1-26-23-31(41-36-37-40-25-34(43(37)22-18-39-36)30-10-13-32(14-11-30)45-27(2)38)12-15-33(26)35(44)24-29-16-20-42(21-17-29)19-6-9-28-7-4-3-5-8-28/h10-15,18,22-23,25,27-29H,3-9,16-17,19-21,24H2,1-2H3,(H,39,41). The highest BCUT2D eigenvalue weighted by molar-refractivity contribution is 5.98. The lowest BCUT2D eigenvalue weighted by Crippen LogP contribution is -2.35. The van der Waals surface area contributed by atoms with Gasteiger partial charge in [0.2, 0.25) is 6.36 Å². The predicted molar refractivity (Wildman–Crippen MR) is 178 cm³/mol. The number of alkyl halides is 1. The van der Waals surface area contributed by atoms with Crippen molar-refractivity contribution in [3.8, 4) is 17.0 Å². The number of anilines is 2. The fraction of sp³-hybridized carbons (Fsp3) is 0.486. The van der Waals surface area contributed by atoms with Gasteiger partial charge in [-0.2, -0.15) is 0 Å². The second kappa shape index (κ2) is 14.5. The van der Waals surface area contributed by atoms with Crippen molar-refractivity contribution in [1.82, 2.24) is 19.3 Å². The highest BCUT2D eigenvalue weighted by atomic mass is 19.1. The summed E-state index contributed by atoms with van der Waals surface area (Å²) < 4.78 is 20.3. The van der Waals surface area contributed by atoms with Gasteiger partial charge in [0.1, 0.15) is 5.75 Å². The predicted octanol–water partition coefficient (Wildman–Crippen LogP) is 8.79. The molecule has 3 heterocycles. The van der Waals surface area contributed by atoms with Crippen molar-refractivity contribution in [2.24, 2.45) is 11.8 Å². The van der Waals surface area contributed by atoms with E-state index in [1.165, 1.54) is 58.4 Å². The van der Waals surface area contributed by atoms with E-state index < -0.39 is 6.36 Å². The number of nitrogens with zero attached hydrogens (tertiary/aromatic N) is 4. The molecule has 6 rings (SSSR count). The lowest BCUT2D eigenvalue weighted by molar-refractivity contribution is 0.0860. The first-order chi connectivity index (χ1) is 21.9. The van der Waals surface area contributed by atoms with Gasteiger partial charge in [-0.25, -0.2) is 14.4 Å². The van der Waals surface area contributed by atoms with E-state index in [4.69, 9.17) is 4.74 Å². The highest BCUT2D eigenvalue weighted by Gasteiger charge is 2.23. The van der Waals surface area contributed by atoms with Crippen molar-refractivity contribution < 1.29 is 13.9 Å². The first-order valence-electron chi connectivity index (χ1n) is 16.8. The SMILES string of the molecule is Cc1cc(Nc2nccn3c(-c4ccc(OC(C)F)cc4)cnc23)ccc1C(=O)CC1CCN(CCCC2CCCCC2)CC1. The van der Waals surface area contributed by atoms with E-state index in [1.54, 1.807) is 24.5 Å². The van der Waals surface area contributed by atoms with Gasteiger partial charge in [-0.05, 0) is 112 Å². The Labute approximate surface area is 266 Å². The molecule has 1 unspecified atom stereocenters. The second-order valence-corrected chi connectivity index (χ2v) is 13.0. The Bertz CT molecular complexity index is 1570. The number of likely N-dealkylation sites (tertiary alicyclic amines) is 1. The minimum absolute atomic E-state index is 0.241. The molecule has 2 fully saturated rings. The van der Waals surface area contributed by atoms with Gasteiger partial charge in [0.15, 0.2) is 17.2 Å². The first-order valence-corrected chi connectivity index (χ1v) is 16.8. The van der Waals surface area contributed by atoms with Crippen LogP contribution >= 0.6 is 0 Å². The number of imidazole rings is 1. The van der Waals surface area contributed by atoms with Crippen molar-refractivity contribution in [3.05, 3.63) is 72.2 Å². The minimum Gasteiger partial charge on any atom is -0.461 e. The summed E-state index contributed by atoms with van der Waals surface area (Å²) in [6.07, 6.45) is 16.8. The molecule has 1 saturated heterocycles. The molecule has 1 N–H and O–H groups in total. The molecule has 45 heavy (non-hydrogen) atoms. The van der Waals surface area contributed by atoms with E-state index in [0.717, 1.165) is 59.9 Å². The molecule has 1 aliphatic heterocycles. The summed E-state index contributed by atoms with van der Waals surface area (Å²) >= 11 is 0. The number of hydrogen-bond acceptors (Lipinski definition) is 6. The maximum absolute atomic E-state index is 13.3. The summed E-state index contributed by atoms with van der Waals surface area (Å²) in [6, 6.07) is 13.2. The Morgan fingerprint density at radius 3 is 2.53 bits per heavy atom. The Morgan fingerprint density at radius 2 is 1.80 bits per heavy atom. The fourth-order valence-electron chi connectivity index (χ4n) is 7.17. The molecule has 238 valence electrons. The zero-order valence-corrected chi connectivity index (χ0v) is 26.7. The van der Waals surface area contributed by atoms with E-state index in [9.17, 15) is 9.18 Å². The van der Waals surface area contributed by atoms with Crippen LogP contribution in [0.5, 0.6) is 5.75 Å². The number of Topliss-reactive ketones (excluding diaryl/α,β-unsaturated/α-hetero) is 1. The van der Waals surface area contributed by atoms with Crippen molar-refractivity contribution in [3.63, 3.8) is 0 Å². The number of aryl methyl sites for hydroxylation is 1. The Balaban J connectivity index is 1.03. The number of ketones is 1. The fourth-order valence-corrected chi connectivity index (χ4v) is 7.17. The van der Waals surface area contributed by atoms with Gasteiger partial charge < -0.3 is 15.0 Å². The summed E-state index contributed by atoms with van der Waals surface area (Å²) in [6.45, 7) is 6.83. The van der Waals surface area contributed by atoms with Gasteiger partial charge in [-0.3, -0.25) is 9.20 Å². The number of halogens is 1. The van der Waals surface area contributed by atoms with Crippen LogP contribution in [0.4, 0.5) is 15.9 Å². The number of benzene rings is 2. The van der Waals surface area contributed by atoms with Crippen LogP contribution in [-0.4, -0.2) is 51.0 Å². The number of aromatic nitrogens is 3. The van der Waals surface area contributed by atoms with Crippen LogP contribution in [0.3, 0.4) is 0 Å². The monoisotopic (exact) mass is 611 g/mol. The average molecular weight is 612 g/mol. The topological polar surface area (TPSA) is 71.8 Å². The largest absolute Gasteiger partial charge is 0.461 e. The zero-order valence-electron chi connectivity index (χ0n) is 26.7. The normalized spacial score (nSPS) is 17.4. The molecule has 2 aromatic carbocycles. The molecule has 4 aromatic rings. The van der Waals surface area contributed by atoms with Gasteiger partial charge >= 0.3 is 0 Å². The van der Waals surface area contributed by atoms with E-state index in [2.05, 4.69) is 20.2 Å². The van der Waals surface area contributed by atoms with Crippen molar-refractivity contribution in [1.29, 1.82) is 0 Å². The summed E-state index contributed by atoms with van der Waals surface area (Å²) in [5.41, 5.74) is 5.13. The first kappa shape index (κ1) is 31.2. The summed E-state index contributed by atoms with van der Waals surface area (Å²) in [7, 11) is 0. The van der Waals surface area contributed by atoms with Gasteiger partial charge in [0.25, 0.3) is 0 Å². The molecule has 1 atom stereocenters. The number of carbonyl (C=O) groups is 1. The molecule has 1 saturated carbocycles. The third-order valence-corrected chi connectivity index (χ3v) is 9.66.